The predicted octanol–water partition coefficient (Wildman–Crippen LogP) is 3.23. The summed E-state index contributed by atoms with van der Waals surface area (Å²) in [6.45, 7) is 0.522. The molecule has 0 spiro atoms. The monoisotopic (exact) mass is 386 g/mol. The Morgan fingerprint density at radius 3 is 2.62 bits per heavy atom. The fourth-order valence-electron chi connectivity index (χ4n) is 2.76. The van der Waals surface area contributed by atoms with Crippen molar-refractivity contribution in [3.63, 3.8) is 0 Å². The standard InChI is InChI=1S/C18H18N4O2S2/c19-12-6-14-22(13-5-9-15-7-2-1-3-8-15)26(23,24)17-11-4-10-16-18(17)21-25-20-16/h1-4,7-8,10-11H,5-6,9,13-14H2. The number of rotatable bonds is 8. The Bertz CT molecular complexity index is 1010. The zero-order valence-corrected chi connectivity index (χ0v) is 15.7. The molecule has 0 radical (unpaired) electrons. The van der Waals surface area contributed by atoms with Crippen LogP contribution in [-0.2, 0) is 16.4 Å². The molecule has 0 aliphatic rings. The minimum Gasteiger partial charge on any atom is -0.207 e. The number of nitrogens with zero attached hydrogens (tertiary/aromatic N) is 4. The van der Waals surface area contributed by atoms with Gasteiger partial charge >= 0.3 is 0 Å². The first-order valence-electron chi connectivity index (χ1n) is 8.25. The summed E-state index contributed by atoms with van der Waals surface area (Å²) in [6, 6.07) is 16.9. The Morgan fingerprint density at radius 1 is 1.04 bits per heavy atom. The lowest BCUT2D eigenvalue weighted by atomic mass is 10.1. The van der Waals surface area contributed by atoms with E-state index in [1.165, 1.54) is 4.31 Å². The van der Waals surface area contributed by atoms with Crippen molar-refractivity contribution in [2.24, 2.45) is 0 Å². The number of benzene rings is 2. The normalized spacial score (nSPS) is 11.7. The summed E-state index contributed by atoms with van der Waals surface area (Å²) in [5, 5.41) is 8.90. The van der Waals surface area contributed by atoms with E-state index in [1.807, 2.05) is 36.4 Å². The van der Waals surface area contributed by atoms with Gasteiger partial charge in [0, 0.05) is 19.5 Å². The van der Waals surface area contributed by atoms with E-state index >= 15 is 0 Å². The van der Waals surface area contributed by atoms with Gasteiger partial charge in [0.05, 0.1) is 17.8 Å². The van der Waals surface area contributed by atoms with Gasteiger partial charge < -0.3 is 0 Å². The van der Waals surface area contributed by atoms with Crippen molar-refractivity contribution in [2.75, 3.05) is 13.1 Å². The predicted molar refractivity (Wildman–Crippen MR) is 101 cm³/mol. The number of sulfonamides is 1. The molecule has 0 bridgehead atoms. The lowest BCUT2D eigenvalue weighted by Crippen LogP contribution is -2.33. The molecule has 3 rings (SSSR count). The van der Waals surface area contributed by atoms with E-state index in [4.69, 9.17) is 5.26 Å². The number of hydrogen-bond acceptors (Lipinski definition) is 6. The van der Waals surface area contributed by atoms with Crippen LogP contribution in [0.4, 0.5) is 0 Å². The lowest BCUT2D eigenvalue weighted by molar-refractivity contribution is 0.411. The minimum absolute atomic E-state index is 0.149. The Balaban J connectivity index is 1.81. The fraction of sp³-hybridized carbons (Fsp3) is 0.278. The summed E-state index contributed by atoms with van der Waals surface area (Å²) >= 11 is 0.993. The Morgan fingerprint density at radius 2 is 1.85 bits per heavy atom. The van der Waals surface area contributed by atoms with Crippen molar-refractivity contribution < 1.29 is 8.42 Å². The van der Waals surface area contributed by atoms with Crippen LogP contribution in [0.5, 0.6) is 0 Å². The molecule has 0 saturated carbocycles. The zero-order chi connectivity index (χ0) is 18.4. The number of hydrogen-bond donors (Lipinski definition) is 0. The highest BCUT2D eigenvalue weighted by molar-refractivity contribution is 7.89. The van der Waals surface area contributed by atoms with Crippen molar-refractivity contribution in [1.82, 2.24) is 13.1 Å². The highest BCUT2D eigenvalue weighted by Crippen LogP contribution is 2.25. The summed E-state index contributed by atoms with van der Waals surface area (Å²) in [5.74, 6) is 0. The first-order chi connectivity index (χ1) is 12.6. The molecule has 2 aromatic carbocycles. The van der Waals surface area contributed by atoms with E-state index in [0.29, 0.717) is 24.0 Å². The van der Waals surface area contributed by atoms with Gasteiger partial charge in [0.2, 0.25) is 10.0 Å². The summed E-state index contributed by atoms with van der Waals surface area (Å²) in [6.07, 6.45) is 1.61. The second-order valence-electron chi connectivity index (χ2n) is 5.79. The van der Waals surface area contributed by atoms with Crippen LogP contribution in [0.2, 0.25) is 0 Å². The molecule has 0 aliphatic carbocycles. The molecule has 8 heteroatoms. The number of aryl methyl sites for hydroxylation is 1. The Labute approximate surface area is 157 Å². The average molecular weight is 387 g/mol. The van der Waals surface area contributed by atoms with Crippen molar-refractivity contribution in [1.29, 1.82) is 5.26 Å². The van der Waals surface area contributed by atoms with Gasteiger partial charge in [0.25, 0.3) is 0 Å². The van der Waals surface area contributed by atoms with Crippen LogP contribution in [0.25, 0.3) is 11.0 Å². The van der Waals surface area contributed by atoms with E-state index in [9.17, 15) is 8.42 Å². The molecule has 6 nitrogen and oxygen atoms in total. The molecule has 0 N–H and O–H groups in total. The molecule has 0 saturated heterocycles. The number of fused-ring (bicyclic) bond motifs is 1. The van der Waals surface area contributed by atoms with Crippen LogP contribution < -0.4 is 0 Å². The van der Waals surface area contributed by atoms with E-state index in [2.05, 4.69) is 8.75 Å². The number of aromatic nitrogens is 2. The van der Waals surface area contributed by atoms with Crippen LogP contribution >= 0.6 is 11.7 Å². The highest BCUT2D eigenvalue weighted by Gasteiger charge is 2.27. The van der Waals surface area contributed by atoms with E-state index in [1.54, 1.807) is 18.2 Å². The lowest BCUT2D eigenvalue weighted by Gasteiger charge is -2.21. The van der Waals surface area contributed by atoms with Crippen molar-refractivity contribution >= 4 is 32.8 Å². The maximum Gasteiger partial charge on any atom is 0.245 e. The summed E-state index contributed by atoms with van der Waals surface area (Å²) in [4.78, 5) is 0.154. The summed E-state index contributed by atoms with van der Waals surface area (Å²) < 4.78 is 35.9. The quantitative estimate of drug-likeness (QED) is 0.593. The molecule has 0 amide bonds. The van der Waals surface area contributed by atoms with Crippen LogP contribution in [0.3, 0.4) is 0 Å². The average Bonchev–Trinajstić information content (AvgIpc) is 3.13. The van der Waals surface area contributed by atoms with Crippen LogP contribution in [0.1, 0.15) is 18.4 Å². The van der Waals surface area contributed by atoms with E-state index < -0.39 is 10.0 Å². The van der Waals surface area contributed by atoms with Gasteiger partial charge in [-0.1, -0.05) is 36.4 Å². The van der Waals surface area contributed by atoms with Crippen LogP contribution in [-0.4, -0.2) is 34.6 Å². The Kier molecular flexibility index (Phi) is 5.93. The minimum atomic E-state index is -3.74. The van der Waals surface area contributed by atoms with Gasteiger partial charge in [-0.2, -0.15) is 18.3 Å². The SMILES string of the molecule is N#CCCN(CCCc1ccccc1)S(=O)(=O)c1cccc2nsnc12. The smallest absolute Gasteiger partial charge is 0.207 e. The van der Waals surface area contributed by atoms with Gasteiger partial charge in [-0.3, -0.25) is 0 Å². The van der Waals surface area contributed by atoms with E-state index in [0.717, 1.165) is 23.7 Å². The second kappa shape index (κ2) is 8.36. The van der Waals surface area contributed by atoms with Crippen molar-refractivity contribution in [3.8, 4) is 6.07 Å². The maximum absolute atomic E-state index is 13.1. The van der Waals surface area contributed by atoms with Crippen LogP contribution in [0.15, 0.2) is 53.4 Å². The molecule has 0 atom stereocenters. The first kappa shape index (κ1) is 18.5. The zero-order valence-electron chi connectivity index (χ0n) is 14.1. The van der Waals surface area contributed by atoms with Gasteiger partial charge in [0.1, 0.15) is 15.9 Å². The second-order valence-corrected chi connectivity index (χ2v) is 8.22. The van der Waals surface area contributed by atoms with Gasteiger partial charge in [0.15, 0.2) is 0 Å². The molecule has 0 aliphatic heterocycles. The third-order valence-electron chi connectivity index (χ3n) is 4.06. The molecule has 1 heterocycles. The molecule has 0 unspecified atom stereocenters. The molecule has 26 heavy (non-hydrogen) atoms. The Hall–Kier alpha value is -2.34. The third-order valence-corrected chi connectivity index (χ3v) is 6.53. The highest BCUT2D eigenvalue weighted by atomic mass is 32.2. The third kappa shape index (κ3) is 4.07. The fourth-order valence-corrected chi connectivity index (χ4v) is 4.99. The molecule has 0 fully saturated rings. The summed E-state index contributed by atoms with van der Waals surface area (Å²) in [7, 11) is -3.74. The van der Waals surface area contributed by atoms with Crippen molar-refractivity contribution in [3.05, 3.63) is 54.1 Å². The topological polar surface area (TPSA) is 87.0 Å². The molecule has 134 valence electrons. The van der Waals surface area contributed by atoms with Crippen molar-refractivity contribution in [2.45, 2.75) is 24.2 Å². The van der Waals surface area contributed by atoms with Gasteiger partial charge in [-0.15, -0.1) is 0 Å². The van der Waals surface area contributed by atoms with E-state index in [-0.39, 0.29) is 17.9 Å². The molecule has 3 aromatic rings. The maximum atomic E-state index is 13.1. The largest absolute Gasteiger partial charge is 0.245 e. The van der Waals surface area contributed by atoms with Crippen LogP contribution in [0, 0.1) is 11.3 Å². The molecule has 1 aromatic heterocycles. The molecular formula is C18H18N4O2S2. The summed E-state index contributed by atoms with van der Waals surface area (Å²) in [5.41, 5.74) is 2.12. The van der Waals surface area contributed by atoms with Gasteiger partial charge in [-0.05, 0) is 30.5 Å². The number of nitriles is 1. The molecular weight excluding hydrogens is 368 g/mol. The first-order valence-corrected chi connectivity index (χ1v) is 10.4. The van der Waals surface area contributed by atoms with Gasteiger partial charge in [-0.25, -0.2) is 8.42 Å².